The van der Waals surface area contributed by atoms with Crippen molar-refractivity contribution in [2.75, 3.05) is 6.54 Å². The van der Waals surface area contributed by atoms with E-state index in [4.69, 9.17) is 4.52 Å². The van der Waals surface area contributed by atoms with Gasteiger partial charge in [-0.25, -0.2) is 0 Å². The summed E-state index contributed by atoms with van der Waals surface area (Å²) in [5.74, 6) is 0.729. The van der Waals surface area contributed by atoms with Crippen LogP contribution in [0.2, 0.25) is 0 Å². The molecule has 2 amide bonds. The lowest BCUT2D eigenvalue weighted by atomic mass is 9.96. The molecule has 0 radical (unpaired) electrons. The highest BCUT2D eigenvalue weighted by Gasteiger charge is 2.46. The minimum absolute atomic E-state index is 0.0286. The molecule has 6 heteroatoms. The summed E-state index contributed by atoms with van der Waals surface area (Å²) in [6, 6.07) is 1.83. The summed E-state index contributed by atoms with van der Waals surface area (Å²) in [6.07, 6.45) is 3.81. The van der Waals surface area contributed by atoms with Crippen molar-refractivity contribution < 1.29 is 14.1 Å². The summed E-state index contributed by atoms with van der Waals surface area (Å²) in [4.78, 5) is 26.4. The monoisotopic (exact) mass is 277 g/mol. The lowest BCUT2D eigenvalue weighted by molar-refractivity contribution is -0.139. The predicted molar refractivity (Wildman–Crippen MR) is 70.6 cm³/mol. The first kappa shape index (κ1) is 13.1. The highest BCUT2D eigenvalue weighted by molar-refractivity contribution is 5.93. The van der Waals surface area contributed by atoms with Gasteiger partial charge in [0.25, 0.3) is 0 Å². The highest BCUT2D eigenvalue weighted by Crippen LogP contribution is 2.33. The Kier molecular flexibility index (Phi) is 3.23. The van der Waals surface area contributed by atoms with Gasteiger partial charge < -0.3 is 14.7 Å². The lowest BCUT2D eigenvalue weighted by Gasteiger charge is -2.31. The first-order chi connectivity index (χ1) is 9.59. The topological polar surface area (TPSA) is 75.4 Å². The molecule has 1 saturated carbocycles. The zero-order chi connectivity index (χ0) is 14.2. The molecule has 1 spiro atoms. The van der Waals surface area contributed by atoms with Crippen LogP contribution in [0.1, 0.15) is 43.6 Å². The van der Waals surface area contributed by atoms with Crippen molar-refractivity contribution in [1.29, 1.82) is 0 Å². The van der Waals surface area contributed by atoms with Gasteiger partial charge in [0.2, 0.25) is 11.8 Å². The van der Waals surface area contributed by atoms with Crippen LogP contribution < -0.4 is 5.32 Å². The molecule has 6 nitrogen and oxygen atoms in total. The number of hydrogen-bond acceptors (Lipinski definition) is 4. The van der Waals surface area contributed by atoms with Crippen molar-refractivity contribution in [3.63, 3.8) is 0 Å². The van der Waals surface area contributed by atoms with Crippen molar-refractivity contribution in [2.45, 2.75) is 51.1 Å². The van der Waals surface area contributed by atoms with Gasteiger partial charge in [0.15, 0.2) is 0 Å². The van der Waals surface area contributed by atoms with Crippen LogP contribution in [0.3, 0.4) is 0 Å². The van der Waals surface area contributed by atoms with E-state index in [1.54, 1.807) is 4.90 Å². The van der Waals surface area contributed by atoms with Crippen LogP contribution in [0.5, 0.6) is 0 Å². The van der Waals surface area contributed by atoms with Crippen LogP contribution in [0.4, 0.5) is 0 Å². The van der Waals surface area contributed by atoms with E-state index < -0.39 is 5.54 Å². The fourth-order valence-corrected chi connectivity index (χ4v) is 3.18. The van der Waals surface area contributed by atoms with Crippen LogP contribution in [0, 0.1) is 6.92 Å². The molecule has 2 fully saturated rings. The molecule has 2 aliphatic rings. The third-order valence-electron chi connectivity index (χ3n) is 4.17. The Morgan fingerprint density at radius 1 is 1.40 bits per heavy atom. The third kappa shape index (κ3) is 2.30. The van der Waals surface area contributed by atoms with E-state index in [9.17, 15) is 9.59 Å². The van der Waals surface area contributed by atoms with Gasteiger partial charge in [-0.1, -0.05) is 18.0 Å². The molecule has 0 bridgehead atoms. The van der Waals surface area contributed by atoms with Gasteiger partial charge in [-0.2, -0.15) is 0 Å². The standard InChI is InChI=1S/C14H19N3O3/c1-10-8-11(16-20-10)9-17-7-4-12(18)15-14(13(17)19)5-2-3-6-14/h8H,2-7,9H2,1H3,(H,15,18). The SMILES string of the molecule is Cc1cc(CN2CCC(=O)NC3(CCCC3)C2=O)no1. The van der Waals surface area contributed by atoms with Crippen molar-refractivity contribution in [3.8, 4) is 0 Å². The summed E-state index contributed by atoms with van der Waals surface area (Å²) in [7, 11) is 0. The van der Waals surface area contributed by atoms with E-state index in [0.717, 1.165) is 37.1 Å². The smallest absolute Gasteiger partial charge is 0.248 e. The van der Waals surface area contributed by atoms with Crippen molar-refractivity contribution >= 4 is 11.8 Å². The van der Waals surface area contributed by atoms with E-state index in [1.165, 1.54) is 0 Å². The number of nitrogens with zero attached hydrogens (tertiary/aromatic N) is 2. The summed E-state index contributed by atoms with van der Waals surface area (Å²) >= 11 is 0. The fraction of sp³-hybridized carbons (Fsp3) is 0.643. The number of hydrogen-bond donors (Lipinski definition) is 1. The molecule has 108 valence electrons. The summed E-state index contributed by atoms with van der Waals surface area (Å²) in [5, 5.41) is 6.89. The van der Waals surface area contributed by atoms with Crippen molar-refractivity contribution in [1.82, 2.24) is 15.4 Å². The Morgan fingerprint density at radius 2 is 2.15 bits per heavy atom. The summed E-state index contributed by atoms with van der Waals surface area (Å²) in [5.41, 5.74) is 0.0603. The van der Waals surface area contributed by atoms with Crippen LogP contribution in [-0.4, -0.2) is 34.0 Å². The molecular weight excluding hydrogens is 258 g/mol. The van der Waals surface area contributed by atoms with Crippen LogP contribution >= 0.6 is 0 Å². The molecule has 2 heterocycles. The predicted octanol–water partition coefficient (Wildman–Crippen LogP) is 1.14. The fourth-order valence-electron chi connectivity index (χ4n) is 3.18. The Bertz CT molecular complexity index is 532. The molecule has 1 saturated heterocycles. The van der Waals surface area contributed by atoms with E-state index in [0.29, 0.717) is 19.5 Å². The average Bonchev–Trinajstić information content (AvgIpc) is 3.01. The molecule has 1 aliphatic heterocycles. The van der Waals surface area contributed by atoms with Gasteiger partial charge >= 0.3 is 0 Å². The number of nitrogens with one attached hydrogen (secondary N) is 1. The number of aryl methyl sites for hydroxylation is 1. The van der Waals surface area contributed by atoms with Gasteiger partial charge in [0, 0.05) is 19.0 Å². The molecule has 1 aliphatic carbocycles. The second-order valence-corrected chi connectivity index (χ2v) is 5.74. The van der Waals surface area contributed by atoms with E-state index >= 15 is 0 Å². The number of aromatic nitrogens is 1. The Hall–Kier alpha value is -1.85. The molecule has 3 rings (SSSR count). The second-order valence-electron chi connectivity index (χ2n) is 5.74. The minimum atomic E-state index is -0.674. The maximum Gasteiger partial charge on any atom is 0.248 e. The van der Waals surface area contributed by atoms with E-state index in [1.807, 2.05) is 13.0 Å². The van der Waals surface area contributed by atoms with Crippen molar-refractivity contribution in [2.24, 2.45) is 0 Å². The lowest BCUT2D eigenvalue weighted by Crippen LogP contribution is -2.55. The average molecular weight is 277 g/mol. The number of amides is 2. The maximum atomic E-state index is 12.8. The Labute approximate surface area is 117 Å². The second kappa shape index (κ2) is 4.92. The zero-order valence-corrected chi connectivity index (χ0v) is 11.6. The van der Waals surface area contributed by atoms with Crippen molar-refractivity contribution in [3.05, 3.63) is 17.5 Å². The molecule has 1 aromatic heterocycles. The molecule has 0 unspecified atom stereocenters. The maximum absolute atomic E-state index is 12.8. The largest absolute Gasteiger partial charge is 0.361 e. The van der Waals surface area contributed by atoms with Crippen LogP contribution in [-0.2, 0) is 16.1 Å². The number of carbonyl (C=O) groups is 2. The first-order valence-corrected chi connectivity index (χ1v) is 7.12. The highest BCUT2D eigenvalue weighted by atomic mass is 16.5. The summed E-state index contributed by atoms with van der Waals surface area (Å²) in [6.45, 7) is 2.68. The molecule has 1 N–H and O–H groups in total. The van der Waals surface area contributed by atoms with Gasteiger partial charge in [-0.15, -0.1) is 0 Å². The summed E-state index contributed by atoms with van der Waals surface area (Å²) < 4.78 is 5.04. The normalized spacial score (nSPS) is 22.1. The van der Waals surface area contributed by atoms with E-state index in [2.05, 4.69) is 10.5 Å². The number of rotatable bonds is 2. The van der Waals surface area contributed by atoms with Gasteiger partial charge in [0.1, 0.15) is 17.0 Å². The quantitative estimate of drug-likeness (QED) is 0.879. The number of carbonyl (C=O) groups excluding carboxylic acids is 2. The molecule has 20 heavy (non-hydrogen) atoms. The van der Waals surface area contributed by atoms with Gasteiger partial charge in [0.05, 0.1) is 6.54 Å². The van der Waals surface area contributed by atoms with E-state index in [-0.39, 0.29) is 11.8 Å². The molecular formula is C14H19N3O3. The van der Waals surface area contributed by atoms with Gasteiger partial charge in [-0.05, 0) is 19.8 Å². The Balaban J connectivity index is 1.82. The molecule has 1 aromatic rings. The van der Waals surface area contributed by atoms with Crippen LogP contribution in [0.15, 0.2) is 10.6 Å². The van der Waals surface area contributed by atoms with Crippen LogP contribution in [0.25, 0.3) is 0 Å². The Morgan fingerprint density at radius 3 is 2.80 bits per heavy atom. The molecule has 0 atom stereocenters. The van der Waals surface area contributed by atoms with Gasteiger partial charge in [-0.3, -0.25) is 9.59 Å². The third-order valence-corrected chi connectivity index (χ3v) is 4.17. The minimum Gasteiger partial charge on any atom is -0.361 e. The molecule has 0 aromatic carbocycles. The zero-order valence-electron chi connectivity index (χ0n) is 11.6. The first-order valence-electron chi connectivity index (χ1n) is 7.12.